The SMILES string of the molecule is C=CCNC(NC(C)(C)C)NC(C)(C)C. The van der Waals surface area contributed by atoms with Crippen LogP contribution in [0.25, 0.3) is 0 Å². The molecule has 90 valence electrons. The van der Waals surface area contributed by atoms with Crippen LogP contribution in [0, 0.1) is 0 Å². The molecule has 0 atom stereocenters. The molecule has 0 aromatic carbocycles. The summed E-state index contributed by atoms with van der Waals surface area (Å²) in [4.78, 5) is 0. The van der Waals surface area contributed by atoms with E-state index in [9.17, 15) is 0 Å². The summed E-state index contributed by atoms with van der Waals surface area (Å²) in [5, 5.41) is 10.3. The molecule has 0 unspecified atom stereocenters. The Morgan fingerprint density at radius 3 is 1.67 bits per heavy atom. The van der Waals surface area contributed by atoms with Crippen LogP contribution >= 0.6 is 0 Å². The summed E-state index contributed by atoms with van der Waals surface area (Å²) in [6.07, 6.45) is 1.96. The average Bonchev–Trinajstić information content (AvgIpc) is 1.94. The molecule has 0 spiro atoms. The van der Waals surface area contributed by atoms with E-state index in [-0.39, 0.29) is 17.4 Å². The Kier molecular flexibility index (Phi) is 5.49. The second-order valence-corrected chi connectivity index (χ2v) is 5.92. The van der Waals surface area contributed by atoms with E-state index in [0.717, 1.165) is 6.54 Å². The van der Waals surface area contributed by atoms with Crippen molar-refractivity contribution in [2.45, 2.75) is 58.9 Å². The van der Waals surface area contributed by atoms with E-state index in [1.807, 2.05) is 6.08 Å². The second kappa shape index (κ2) is 5.64. The first kappa shape index (κ1) is 14.6. The van der Waals surface area contributed by atoms with Gasteiger partial charge >= 0.3 is 0 Å². The van der Waals surface area contributed by atoms with Crippen molar-refractivity contribution in [1.82, 2.24) is 16.0 Å². The van der Waals surface area contributed by atoms with Gasteiger partial charge in [0.25, 0.3) is 0 Å². The molecular formula is C12H27N3. The lowest BCUT2D eigenvalue weighted by molar-refractivity contribution is 0.233. The van der Waals surface area contributed by atoms with Gasteiger partial charge in [0.15, 0.2) is 0 Å². The summed E-state index contributed by atoms with van der Waals surface area (Å²) >= 11 is 0. The summed E-state index contributed by atoms with van der Waals surface area (Å²) in [5.74, 6) is 0. The van der Waals surface area contributed by atoms with Crippen molar-refractivity contribution >= 4 is 0 Å². The van der Waals surface area contributed by atoms with Crippen LogP contribution in [0.3, 0.4) is 0 Å². The van der Waals surface area contributed by atoms with Crippen molar-refractivity contribution in [1.29, 1.82) is 0 Å². The minimum absolute atomic E-state index is 0.0804. The largest absolute Gasteiger partial charge is 0.286 e. The Labute approximate surface area is 94.7 Å². The van der Waals surface area contributed by atoms with Gasteiger partial charge in [0.05, 0.1) is 0 Å². The zero-order valence-electron chi connectivity index (χ0n) is 11.1. The maximum Gasteiger partial charge on any atom is 0.112 e. The predicted octanol–water partition coefficient (Wildman–Crippen LogP) is 1.82. The summed E-state index contributed by atoms with van der Waals surface area (Å²) in [6, 6.07) is 0. The number of hydrogen-bond acceptors (Lipinski definition) is 3. The highest BCUT2D eigenvalue weighted by Gasteiger charge is 2.20. The zero-order chi connectivity index (χ0) is 12.1. The highest BCUT2D eigenvalue weighted by molar-refractivity contribution is 4.82. The Balaban J connectivity index is 4.25. The number of rotatable bonds is 5. The van der Waals surface area contributed by atoms with Gasteiger partial charge in [-0.3, -0.25) is 16.0 Å². The summed E-state index contributed by atoms with van der Waals surface area (Å²) in [6.45, 7) is 17.4. The third-order valence-corrected chi connectivity index (χ3v) is 1.62. The molecule has 0 aliphatic rings. The van der Waals surface area contributed by atoms with Crippen molar-refractivity contribution in [3.8, 4) is 0 Å². The molecule has 0 amide bonds. The first-order chi connectivity index (χ1) is 6.64. The van der Waals surface area contributed by atoms with Crippen LogP contribution in [-0.4, -0.2) is 23.9 Å². The van der Waals surface area contributed by atoms with E-state index in [1.165, 1.54) is 0 Å². The Morgan fingerprint density at radius 1 is 1.00 bits per heavy atom. The van der Waals surface area contributed by atoms with E-state index < -0.39 is 0 Å². The third-order valence-electron chi connectivity index (χ3n) is 1.62. The van der Waals surface area contributed by atoms with E-state index in [1.54, 1.807) is 0 Å². The maximum absolute atomic E-state index is 3.71. The first-order valence-corrected chi connectivity index (χ1v) is 5.54. The number of hydrogen-bond donors (Lipinski definition) is 3. The van der Waals surface area contributed by atoms with Gasteiger partial charge in [-0.25, -0.2) is 0 Å². The van der Waals surface area contributed by atoms with Gasteiger partial charge in [-0.05, 0) is 41.5 Å². The van der Waals surface area contributed by atoms with Gasteiger partial charge in [0, 0.05) is 17.6 Å². The fraction of sp³-hybridized carbons (Fsp3) is 0.833. The van der Waals surface area contributed by atoms with Gasteiger partial charge in [-0.2, -0.15) is 0 Å². The van der Waals surface area contributed by atoms with Crippen LogP contribution in [0.15, 0.2) is 12.7 Å². The molecule has 0 bridgehead atoms. The van der Waals surface area contributed by atoms with Gasteiger partial charge in [0.2, 0.25) is 0 Å². The summed E-state index contributed by atoms with van der Waals surface area (Å²) < 4.78 is 0. The molecule has 3 nitrogen and oxygen atoms in total. The minimum atomic E-state index is 0.0804. The molecule has 0 radical (unpaired) electrons. The smallest absolute Gasteiger partial charge is 0.112 e. The van der Waals surface area contributed by atoms with Crippen LogP contribution in [-0.2, 0) is 0 Å². The molecule has 3 N–H and O–H groups in total. The normalized spacial score (nSPS) is 13.3. The van der Waals surface area contributed by atoms with E-state index in [4.69, 9.17) is 0 Å². The highest BCUT2D eigenvalue weighted by atomic mass is 15.3. The topological polar surface area (TPSA) is 36.1 Å². The van der Waals surface area contributed by atoms with Crippen LogP contribution in [0.4, 0.5) is 0 Å². The van der Waals surface area contributed by atoms with Gasteiger partial charge < -0.3 is 0 Å². The Bertz CT molecular complexity index is 170. The standard InChI is InChI=1S/C12H27N3/c1-8-9-13-10(14-11(2,3)4)15-12(5,6)7/h8,10,13-15H,1,9H2,2-7H3. The lowest BCUT2D eigenvalue weighted by Crippen LogP contribution is -2.62. The van der Waals surface area contributed by atoms with Crippen LogP contribution < -0.4 is 16.0 Å². The lowest BCUT2D eigenvalue weighted by Gasteiger charge is -2.34. The van der Waals surface area contributed by atoms with Crippen LogP contribution in [0.1, 0.15) is 41.5 Å². The molecule has 0 fully saturated rings. The van der Waals surface area contributed by atoms with Gasteiger partial charge in [-0.1, -0.05) is 6.08 Å². The molecule has 3 heteroatoms. The molecule has 0 saturated carbocycles. The molecule has 0 heterocycles. The van der Waals surface area contributed by atoms with Crippen molar-refractivity contribution in [3.63, 3.8) is 0 Å². The molecule has 0 aromatic heterocycles. The highest BCUT2D eigenvalue weighted by Crippen LogP contribution is 2.03. The molecule has 15 heavy (non-hydrogen) atoms. The van der Waals surface area contributed by atoms with Crippen LogP contribution in [0.2, 0.25) is 0 Å². The Morgan fingerprint density at radius 2 is 1.40 bits per heavy atom. The van der Waals surface area contributed by atoms with Gasteiger partial charge in [0.1, 0.15) is 6.29 Å². The van der Waals surface area contributed by atoms with Crippen LogP contribution in [0.5, 0.6) is 0 Å². The monoisotopic (exact) mass is 213 g/mol. The first-order valence-electron chi connectivity index (χ1n) is 5.54. The maximum atomic E-state index is 3.71. The lowest BCUT2D eigenvalue weighted by atomic mass is 10.1. The van der Waals surface area contributed by atoms with E-state index in [2.05, 4.69) is 64.1 Å². The quantitative estimate of drug-likeness (QED) is 0.481. The fourth-order valence-corrected chi connectivity index (χ4v) is 1.21. The molecule has 0 aliphatic carbocycles. The molecular weight excluding hydrogens is 186 g/mol. The number of nitrogens with one attached hydrogen (secondary N) is 3. The Hall–Kier alpha value is -0.380. The molecule has 0 rings (SSSR count). The minimum Gasteiger partial charge on any atom is -0.286 e. The van der Waals surface area contributed by atoms with E-state index >= 15 is 0 Å². The van der Waals surface area contributed by atoms with Crippen molar-refractivity contribution in [2.75, 3.05) is 6.54 Å². The van der Waals surface area contributed by atoms with E-state index in [0.29, 0.717) is 0 Å². The fourth-order valence-electron chi connectivity index (χ4n) is 1.21. The molecule has 0 aliphatic heterocycles. The zero-order valence-corrected chi connectivity index (χ0v) is 11.1. The van der Waals surface area contributed by atoms with Gasteiger partial charge in [-0.15, -0.1) is 6.58 Å². The average molecular weight is 213 g/mol. The molecule has 0 saturated heterocycles. The summed E-state index contributed by atoms with van der Waals surface area (Å²) in [7, 11) is 0. The summed E-state index contributed by atoms with van der Waals surface area (Å²) in [5.41, 5.74) is 0.161. The van der Waals surface area contributed by atoms with Crippen molar-refractivity contribution < 1.29 is 0 Å². The van der Waals surface area contributed by atoms with Crippen molar-refractivity contribution in [2.24, 2.45) is 0 Å². The molecule has 0 aromatic rings. The second-order valence-electron chi connectivity index (χ2n) is 5.92. The third kappa shape index (κ3) is 9.91. The predicted molar refractivity (Wildman–Crippen MR) is 67.8 cm³/mol. The van der Waals surface area contributed by atoms with Crippen molar-refractivity contribution in [3.05, 3.63) is 12.7 Å².